The normalized spacial score (nSPS) is 10.4. The van der Waals surface area contributed by atoms with Gasteiger partial charge >= 0.3 is 0 Å². The van der Waals surface area contributed by atoms with Crippen molar-refractivity contribution in [2.24, 2.45) is 0 Å². The zero-order valence-corrected chi connectivity index (χ0v) is 12.7. The highest BCUT2D eigenvalue weighted by molar-refractivity contribution is 8.01. The number of carbonyl (C=O) groups is 1. The Morgan fingerprint density at radius 1 is 1.50 bits per heavy atom. The second-order valence-electron chi connectivity index (χ2n) is 3.94. The molecule has 20 heavy (non-hydrogen) atoms. The van der Waals surface area contributed by atoms with Crippen LogP contribution < -0.4 is 10.6 Å². The lowest BCUT2D eigenvalue weighted by atomic mass is 10.4. The first-order valence-electron chi connectivity index (χ1n) is 6.27. The van der Waals surface area contributed by atoms with E-state index in [1.165, 1.54) is 23.1 Å². The van der Waals surface area contributed by atoms with E-state index in [0.29, 0.717) is 18.8 Å². The predicted octanol–water partition coefficient (Wildman–Crippen LogP) is 2.36. The van der Waals surface area contributed by atoms with Crippen LogP contribution in [-0.2, 0) is 11.3 Å². The summed E-state index contributed by atoms with van der Waals surface area (Å²) in [6.07, 6.45) is 2.57. The molecular formula is C12H16N4O2S2. The number of nitrogens with one attached hydrogen (secondary N) is 2. The summed E-state index contributed by atoms with van der Waals surface area (Å²) in [5.41, 5.74) is 0. The number of anilines is 1. The van der Waals surface area contributed by atoms with Crippen LogP contribution in [-0.4, -0.2) is 28.4 Å². The van der Waals surface area contributed by atoms with Crippen LogP contribution in [0.15, 0.2) is 27.2 Å². The molecule has 2 heterocycles. The van der Waals surface area contributed by atoms with Crippen molar-refractivity contribution >= 4 is 34.1 Å². The van der Waals surface area contributed by atoms with Crippen LogP contribution in [0.2, 0.25) is 0 Å². The van der Waals surface area contributed by atoms with Crippen molar-refractivity contribution in [2.75, 3.05) is 17.6 Å². The van der Waals surface area contributed by atoms with Gasteiger partial charge in [0.25, 0.3) is 0 Å². The molecule has 0 radical (unpaired) electrons. The maximum Gasteiger partial charge on any atom is 0.230 e. The Morgan fingerprint density at radius 2 is 2.40 bits per heavy atom. The van der Waals surface area contributed by atoms with Crippen LogP contribution in [0.3, 0.4) is 0 Å². The van der Waals surface area contributed by atoms with E-state index in [1.807, 2.05) is 19.1 Å². The van der Waals surface area contributed by atoms with Crippen molar-refractivity contribution < 1.29 is 9.21 Å². The van der Waals surface area contributed by atoms with Crippen molar-refractivity contribution in [1.29, 1.82) is 0 Å². The minimum atomic E-state index is 0.0251. The van der Waals surface area contributed by atoms with Gasteiger partial charge in [-0.05, 0) is 18.6 Å². The standard InChI is InChI=1S/C12H16N4O2S2/c1-2-5-13-10(17)8-19-12-16-15-11(20-12)14-7-9-4-3-6-18-9/h3-4,6H,2,5,7-8H2,1H3,(H,13,17)(H,14,15). The largest absolute Gasteiger partial charge is 0.467 e. The van der Waals surface area contributed by atoms with Gasteiger partial charge in [-0.15, -0.1) is 10.2 Å². The van der Waals surface area contributed by atoms with E-state index in [0.717, 1.165) is 21.7 Å². The first-order valence-corrected chi connectivity index (χ1v) is 8.07. The van der Waals surface area contributed by atoms with E-state index in [2.05, 4.69) is 20.8 Å². The molecular weight excluding hydrogens is 296 g/mol. The van der Waals surface area contributed by atoms with E-state index in [4.69, 9.17) is 4.42 Å². The van der Waals surface area contributed by atoms with Gasteiger partial charge in [0, 0.05) is 6.54 Å². The molecule has 0 spiro atoms. The molecule has 8 heteroatoms. The molecule has 0 saturated carbocycles. The maximum absolute atomic E-state index is 11.5. The van der Waals surface area contributed by atoms with Crippen LogP contribution in [0, 0.1) is 0 Å². The van der Waals surface area contributed by atoms with Gasteiger partial charge in [0.15, 0.2) is 4.34 Å². The average Bonchev–Trinajstić information content (AvgIpc) is 3.11. The molecule has 2 aromatic heterocycles. The van der Waals surface area contributed by atoms with E-state index < -0.39 is 0 Å². The van der Waals surface area contributed by atoms with Gasteiger partial charge in [0.1, 0.15) is 5.76 Å². The molecule has 2 N–H and O–H groups in total. The summed E-state index contributed by atoms with van der Waals surface area (Å²) in [6, 6.07) is 3.73. The van der Waals surface area contributed by atoms with Crippen LogP contribution in [0.25, 0.3) is 0 Å². The van der Waals surface area contributed by atoms with Crippen LogP contribution >= 0.6 is 23.1 Å². The number of carbonyl (C=O) groups excluding carboxylic acids is 1. The van der Waals surface area contributed by atoms with E-state index >= 15 is 0 Å². The first-order chi connectivity index (χ1) is 9.78. The smallest absolute Gasteiger partial charge is 0.230 e. The monoisotopic (exact) mass is 312 g/mol. The molecule has 0 bridgehead atoms. The summed E-state index contributed by atoms with van der Waals surface area (Å²) in [6.45, 7) is 3.31. The Kier molecular flexibility index (Phi) is 5.87. The molecule has 2 rings (SSSR count). The fraction of sp³-hybridized carbons (Fsp3) is 0.417. The summed E-state index contributed by atoms with van der Waals surface area (Å²) < 4.78 is 5.99. The second-order valence-corrected chi connectivity index (χ2v) is 6.14. The van der Waals surface area contributed by atoms with Gasteiger partial charge in [0.05, 0.1) is 18.6 Å². The molecule has 0 aliphatic heterocycles. The summed E-state index contributed by atoms with van der Waals surface area (Å²) in [5.74, 6) is 1.23. The highest BCUT2D eigenvalue weighted by Crippen LogP contribution is 2.25. The van der Waals surface area contributed by atoms with Gasteiger partial charge in [0.2, 0.25) is 11.0 Å². The Labute approximate surface area is 125 Å². The number of amides is 1. The summed E-state index contributed by atoms with van der Waals surface area (Å²) in [7, 11) is 0. The minimum Gasteiger partial charge on any atom is -0.467 e. The highest BCUT2D eigenvalue weighted by atomic mass is 32.2. The highest BCUT2D eigenvalue weighted by Gasteiger charge is 2.08. The van der Waals surface area contributed by atoms with Gasteiger partial charge in [-0.2, -0.15) is 0 Å². The second kappa shape index (κ2) is 7.91. The molecule has 0 atom stereocenters. The molecule has 0 aliphatic rings. The number of thioether (sulfide) groups is 1. The average molecular weight is 312 g/mol. The Morgan fingerprint density at radius 3 is 3.15 bits per heavy atom. The third-order valence-corrected chi connectivity index (χ3v) is 4.31. The van der Waals surface area contributed by atoms with Crippen molar-refractivity contribution in [3.05, 3.63) is 24.2 Å². The van der Waals surface area contributed by atoms with Gasteiger partial charge < -0.3 is 15.1 Å². The molecule has 2 aromatic rings. The lowest BCUT2D eigenvalue weighted by molar-refractivity contribution is -0.118. The molecule has 0 aromatic carbocycles. The number of furan rings is 1. The predicted molar refractivity (Wildman–Crippen MR) is 80.0 cm³/mol. The third kappa shape index (κ3) is 4.86. The number of aromatic nitrogens is 2. The number of hydrogen-bond donors (Lipinski definition) is 2. The number of nitrogens with zero attached hydrogens (tertiary/aromatic N) is 2. The van der Waals surface area contributed by atoms with E-state index in [9.17, 15) is 4.79 Å². The lowest BCUT2D eigenvalue weighted by Crippen LogP contribution is -2.25. The Hall–Kier alpha value is -1.54. The van der Waals surface area contributed by atoms with Crippen molar-refractivity contribution in [2.45, 2.75) is 24.2 Å². The molecule has 6 nitrogen and oxygen atoms in total. The minimum absolute atomic E-state index is 0.0251. The number of rotatable bonds is 8. The molecule has 108 valence electrons. The van der Waals surface area contributed by atoms with E-state index in [1.54, 1.807) is 6.26 Å². The van der Waals surface area contributed by atoms with Gasteiger partial charge in [-0.3, -0.25) is 4.79 Å². The van der Waals surface area contributed by atoms with E-state index in [-0.39, 0.29) is 5.91 Å². The quantitative estimate of drug-likeness (QED) is 0.728. The zero-order chi connectivity index (χ0) is 14.2. The zero-order valence-electron chi connectivity index (χ0n) is 11.1. The van der Waals surface area contributed by atoms with Crippen molar-refractivity contribution in [3.63, 3.8) is 0 Å². The fourth-order valence-corrected chi connectivity index (χ4v) is 2.94. The lowest BCUT2D eigenvalue weighted by Gasteiger charge is -2.00. The Balaban J connectivity index is 1.73. The van der Waals surface area contributed by atoms with Crippen molar-refractivity contribution in [1.82, 2.24) is 15.5 Å². The first kappa shape index (κ1) is 14.9. The molecule has 1 amide bonds. The third-order valence-electron chi connectivity index (χ3n) is 2.30. The fourth-order valence-electron chi connectivity index (χ4n) is 1.36. The molecule has 0 saturated heterocycles. The molecule has 0 unspecified atom stereocenters. The summed E-state index contributed by atoms with van der Waals surface area (Å²) in [5, 5.41) is 14.7. The van der Waals surface area contributed by atoms with Crippen LogP contribution in [0.5, 0.6) is 0 Å². The van der Waals surface area contributed by atoms with Gasteiger partial charge in [-0.1, -0.05) is 30.0 Å². The van der Waals surface area contributed by atoms with Crippen molar-refractivity contribution in [3.8, 4) is 0 Å². The Bertz CT molecular complexity index is 527. The maximum atomic E-state index is 11.5. The molecule has 0 fully saturated rings. The summed E-state index contributed by atoms with van der Waals surface area (Å²) >= 11 is 2.82. The SMILES string of the molecule is CCCNC(=O)CSc1nnc(NCc2ccco2)s1. The van der Waals surface area contributed by atoms with Gasteiger partial charge in [-0.25, -0.2) is 0 Å². The van der Waals surface area contributed by atoms with Crippen LogP contribution in [0.4, 0.5) is 5.13 Å². The molecule has 0 aliphatic carbocycles. The topological polar surface area (TPSA) is 80.0 Å². The van der Waals surface area contributed by atoms with Crippen LogP contribution in [0.1, 0.15) is 19.1 Å². The number of hydrogen-bond acceptors (Lipinski definition) is 7. The summed E-state index contributed by atoms with van der Waals surface area (Å²) in [4.78, 5) is 11.5.